The van der Waals surface area contributed by atoms with E-state index in [0.717, 1.165) is 4.57 Å². The van der Waals surface area contributed by atoms with Crippen LogP contribution >= 0.6 is 24.8 Å². The number of halogens is 6. The molecule has 1 fully saturated rings. The summed E-state index contributed by atoms with van der Waals surface area (Å²) >= 11 is 0. The van der Waals surface area contributed by atoms with Crippen molar-refractivity contribution in [2.75, 3.05) is 26.7 Å². The first-order chi connectivity index (χ1) is 9.36. The molecule has 1 saturated heterocycles. The van der Waals surface area contributed by atoms with E-state index in [1.54, 1.807) is 0 Å². The summed E-state index contributed by atoms with van der Waals surface area (Å²) in [6.07, 6.45) is -3.26. The smallest absolute Gasteiger partial charge is 0.336 e. The molecule has 0 saturated carbocycles. The molecule has 0 amide bonds. The summed E-state index contributed by atoms with van der Waals surface area (Å²) in [5, 5.41) is 3.18. The molecule has 1 N–H and O–H groups in total. The molecule has 1 spiro atoms. The molecule has 22 heavy (non-hydrogen) atoms. The highest BCUT2D eigenvalue weighted by Crippen LogP contribution is 2.44. The maximum Gasteiger partial charge on any atom is 0.431 e. The number of nitrogens with zero attached hydrogens (tertiary/aromatic N) is 2. The highest BCUT2D eigenvalue weighted by molar-refractivity contribution is 5.85. The largest absolute Gasteiger partial charge is 0.431 e. The standard InChI is InChI=1S/C13H17F4N3.2ClH/c1-19-6-7-20-10(13(15,16)17)8-9(14)11(20)12(19)2-4-18-5-3-12;;/h8,18H,2-7H2,1H3;2*1H. The van der Waals surface area contributed by atoms with E-state index in [0.29, 0.717) is 38.5 Å². The lowest BCUT2D eigenvalue weighted by Gasteiger charge is -2.48. The highest BCUT2D eigenvalue weighted by atomic mass is 35.5. The lowest BCUT2D eigenvalue weighted by atomic mass is 9.82. The second kappa shape index (κ2) is 6.55. The molecule has 128 valence electrons. The first-order valence-corrected chi connectivity index (χ1v) is 6.75. The third-order valence-electron chi connectivity index (χ3n) is 4.60. The molecule has 3 heterocycles. The lowest BCUT2D eigenvalue weighted by molar-refractivity contribution is -0.144. The first-order valence-electron chi connectivity index (χ1n) is 6.75. The second-order valence-electron chi connectivity index (χ2n) is 5.58. The Balaban J connectivity index is 0.00000121. The number of nitrogens with one attached hydrogen (secondary N) is 1. The molecule has 3 rings (SSSR count). The summed E-state index contributed by atoms with van der Waals surface area (Å²) in [6.45, 7) is 2.07. The zero-order valence-corrected chi connectivity index (χ0v) is 13.7. The summed E-state index contributed by atoms with van der Waals surface area (Å²) < 4.78 is 54.5. The van der Waals surface area contributed by atoms with Gasteiger partial charge in [0.15, 0.2) is 0 Å². The minimum absolute atomic E-state index is 0. The van der Waals surface area contributed by atoms with Crippen molar-refractivity contribution in [3.05, 3.63) is 23.3 Å². The number of hydrogen-bond donors (Lipinski definition) is 1. The molecule has 1 aromatic heterocycles. The minimum atomic E-state index is -4.51. The third kappa shape index (κ3) is 2.84. The molecular weight excluding hydrogens is 345 g/mol. The SMILES string of the molecule is CN1CCn2c(C(F)(F)F)cc(F)c2C12CCNCC2.Cl.Cl. The van der Waals surface area contributed by atoms with Gasteiger partial charge < -0.3 is 9.88 Å². The van der Waals surface area contributed by atoms with E-state index in [9.17, 15) is 17.6 Å². The number of alkyl halides is 3. The normalized spacial score (nSPS) is 21.0. The Morgan fingerprint density at radius 3 is 2.27 bits per heavy atom. The van der Waals surface area contributed by atoms with Gasteiger partial charge in [-0.3, -0.25) is 4.90 Å². The predicted molar refractivity (Wildman–Crippen MR) is 80.3 cm³/mol. The van der Waals surface area contributed by atoms with Crippen molar-refractivity contribution in [1.29, 1.82) is 0 Å². The van der Waals surface area contributed by atoms with Crippen molar-refractivity contribution in [2.45, 2.75) is 31.1 Å². The topological polar surface area (TPSA) is 20.2 Å². The molecule has 2 aliphatic rings. The van der Waals surface area contributed by atoms with Crippen LogP contribution in [0.1, 0.15) is 24.2 Å². The lowest BCUT2D eigenvalue weighted by Crippen LogP contribution is -2.55. The summed E-state index contributed by atoms with van der Waals surface area (Å²) in [5.41, 5.74) is -1.27. The molecular formula is C13H19Cl2F4N3. The molecule has 0 atom stereocenters. The van der Waals surface area contributed by atoms with Crippen LogP contribution in [0.2, 0.25) is 0 Å². The van der Waals surface area contributed by atoms with Crippen molar-refractivity contribution in [3.63, 3.8) is 0 Å². The molecule has 0 unspecified atom stereocenters. The van der Waals surface area contributed by atoms with E-state index >= 15 is 0 Å². The fourth-order valence-electron chi connectivity index (χ4n) is 3.56. The van der Waals surface area contributed by atoms with Crippen LogP contribution < -0.4 is 5.32 Å². The molecule has 0 aromatic carbocycles. The maximum absolute atomic E-state index is 14.3. The Morgan fingerprint density at radius 1 is 1.14 bits per heavy atom. The number of rotatable bonds is 0. The van der Waals surface area contributed by atoms with E-state index in [4.69, 9.17) is 0 Å². The van der Waals surface area contributed by atoms with Gasteiger partial charge in [-0.05, 0) is 33.0 Å². The van der Waals surface area contributed by atoms with Crippen LogP contribution in [0.5, 0.6) is 0 Å². The Kier molecular flexibility index (Phi) is 5.82. The number of likely N-dealkylation sites (N-methyl/N-ethyl adjacent to an activating group) is 1. The van der Waals surface area contributed by atoms with Gasteiger partial charge in [0.05, 0.1) is 11.2 Å². The number of hydrogen-bond acceptors (Lipinski definition) is 2. The number of piperidine rings is 1. The Hall–Kier alpha value is -0.500. The monoisotopic (exact) mass is 363 g/mol. The Labute approximate surface area is 138 Å². The Bertz CT molecular complexity index is 524. The summed E-state index contributed by atoms with van der Waals surface area (Å²) in [4.78, 5) is 2.01. The van der Waals surface area contributed by atoms with Crippen molar-refractivity contribution in [3.8, 4) is 0 Å². The quantitative estimate of drug-likeness (QED) is 0.715. The van der Waals surface area contributed by atoms with Crippen molar-refractivity contribution in [2.24, 2.45) is 0 Å². The molecule has 2 aliphatic heterocycles. The number of fused-ring (bicyclic) bond motifs is 2. The van der Waals surface area contributed by atoms with Crippen LogP contribution in [0.4, 0.5) is 17.6 Å². The summed E-state index contributed by atoms with van der Waals surface area (Å²) in [5.74, 6) is -0.731. The van der Waals surface area contributed by atoms with Gasteiger partial charge in [0.2, 0.25) is 0 Å². The van der Waals surface area contributed by atoms with E-state index in [1.807, 2.05) is 11.9 Å². The van der Waals surface area contributed by atoms with Gasteiger partial charge in [0, 0.05) is 19.2 Å². The van der Waals surface area contributed by atoms with Gasteiger partial charge >= 0.3 is 6.18 Å². The maximum atomic E-state index is 14.3. The van der Waals surface area contributed by atoms with Crippen molar-refractivity contribution in [1.82, 2.24) is 14.8 Å². The molecule has 0 aliphatic carbocycles. The van der Waals surface area contributed by atoms with Crippen molar-refractivity contribution < 1.29 is 17.6 Å². The van der Waals surface area contributed by atoms with Crippen LogP contribution in [0, 0.1) is 5.82 Å². The molecule has 3 nitrogen and oxygen atoms in total. The van der Waals surface area contributed by atoms with Gasteiger partial charge in [-0.15, -0.1) is 24.8 Å². The average molecular weight is 364 g/mol. The van der Waals surface area contributed by atoms with Crippen molar-refractivity contribution >= 4 is 24.8 Å². The van der Waals surface area contributed by atoms with E-state index in [1.165, 1.54) is 0 Å². The molecule has 1 aromatic rings. The fourth-order valence-corrected chi connectivity index (χ4v) is 3.56. The van der Waals surface area contributed by atoms with Gasteiger partial charge in [-0.25, -0.2) is 4.39 Å². The fraction of sp³-hybridized carbons (Fsp3) is 0.692. The van der Waals surface area contributed by atoms with Crippen LogP contribution in [0.15, 0.2) is 6.07 Å². The minimum Gasteiger partial charge on any atom is -0.336 e. The van der Waals surface area contributed by atoms with Crippen LogP contribution in [0.25, 0.3) is 0 Å². The predicted octanol–water partition coefficient (Wildman–Crippen LogP) is 3.01. The molecule has 9 heteroatoms. The number of aromatic nitrogens is 1. The van der Waals surface area contributed by atoms with E-state index < -0.39 is 23.2 Å². The molecule has 0 radical (unpaired) electrons. The van der Waals surface area contributed by atoms with Crippen LogP contribution in [-0.2, 0) is 18.3 Å². The van der Waals surface area contributed by atoms with Gasteiger partial charge in [-0.1, -0.05) is 0 Å². The van der Waals surface area contributed by atoms with E-state index in [-0.39, 0.29) is 37.1 Å². The second-order valence-corrected chi connectivity index (χ2v) is 5.58. The zero-order valence-electron chi connectivity index (χ0n) is 12.0. The summed E-state index contributed by atoms with van der Waals surface area (Å²) in [6, 6.07) is 0.651. The Morgan fingerprint density at radius 2 is 1.73 bits per heavy atom. The molecule has 0 bridgehead atoms. The summed E-state index contributed by atoms with van der Waals surface area (Å²) in [7, 11) is 1.87. The zero-order chi connectivity index (χ0) is 14.5. The highest BCUT2D eigenvalue weighted by Gasteiger charge is 2.48. The first kappa shape index (κ1) is 19.5. The van der Waals surface area contributed by atoms with Gasteiger partial charge in [-0.2, -0.15) is 13.2 Å². The average Bonchev–Trinajstić information content (AvgIpc) is 2.74. The van der Waals surface area contributed by atoms with Gasteiger partial charge in [0.25, 0.3) is 0 Å². The third-order valence-corrected chi connectivity index (χ3v) is 4.60. The van der Waals surface area contributed by atoms with E-state index in [2.05, 4.69) is 5.32 Å². The van der Waals surface area contributed by atoms with Crippen LogP contribution in [-0.4, -0.2) is 36.1 Å². The van der Waals surface area contributed by atoms with Gasteiger partial charge in [0.1, 0.15) is 11.5 Å². The van der Waals surface area contributed by atoms with Crippen LogP contribution in [0.3, 0.4) is 0 Å².